The molecule has 0 aliphatic rings. The van der Waals surface area contributed by atoms with Crippen LogP contribution in [0.2, 0.25) is 5.02 Å². The van der Waals surface area contributed by atoms with Gasteiger partial charge in [-0.2, -0.15) is 0 Å². The molecule has 0 saturated heterocycles. The van der Waals surface area contributed by atoms with Crippen molar-refractivity contribution in [3.8, 4) is 11.5 Å². The van der Waals surface area contributed by atoms with Crippen LogP contribution in [-0.2, 0) is 6.61 Å². The molecule has 27 heavy (non-hydrogen) atoms. The Bertz CT molecular complexity index is 921. The number of amides is 1. The van der Waals surface area contributed by atoms with Gasteiger partial charge < -0.3 is 14.8 Å². The average molecular weight is 402 g/mol. The van der Waals surface area contributed by atoms with E-state index in [0.29, 0.717) is 23.1 Å². The van der Waals surface area contributed by atoms with Gasteiger partial charge >= 0.3 is 0 Å². The number of carbonyl (C=O) groups excluding carboxylic acids is 1. The summed E-state index contributed by atoms with van der Waals surface area (Å²) in [6.45, 7) is 4.88. The van der Waals surface area contributed by atoms with Crippen molar-refractivity contribution in [3.05, 3.63) is 74.9 Å². The van der Waals surface area contributed by atoms with Gasteiger partial charge in [-0.1, -0.05) is 11.6 Å². The van der Waals surface area contributed by atoms with Crippen LogP contribution in [0.5, 0.6) is 11.5 Å². The fourth-order valence-corrected chi connectivity index (χ4v) is 3.35. The molecule has 3 rings (SSSR count). The van der Waals surface area contributed by atoms with Crippen molar-refractivity contribution in [1.82, 2.24) is 0 Å². The van der Waals surface area contributed by atoms with Crippen LogP contribution in [0.25, 0.3) is 0 Å². The molecular formula is C21H20ClNO3S. The standard InChI is InChI=1S/C21H20ClNO3S/c1-3-25-17-6-4-16(5-7-17)23-21(24)20-11-15(13-27-20)12-26-18-8-9-19(22)14(2)10-18/h4-11,13H,3,12H2,1-2H3,(H,23,24). The number of carbonyl (C=O) groups is 1. The van der Waals surface area contributed by atoms with Crippen LogP contribution in [-0.4, -0.2) is 12.5 Å². The van der Waals surface area contributed by atoms with E-state index in [4.69, 9.17) is 21.1 Å². The number of anilines is 1. The highest BCUT2D eigenvalue weighted by Gasteiger charge is 2.10. The number of aryl methyl sites for hydroxylation is 1. The minimum atomic E-state index is -0.141. The summed E-state index contributed by atoms with van der Waals surface area (Å²) in [5.74, 6) is 1.39. The molecule has 0 aliphatic heterocycles. The number of rotatable bonds is 7. The lowest BCUT2D eigenvalue weighted by Crippen LogP contribution is -2.10. The van der Waals surface area contributed by atoms with Gasteiger partial charge in [0.15, 0.2) is 0 Å². The van der Waals surface area contributed by atoms with Crippen molar-refractivity contribution in [1.29, 1.82) is 0 Å². The van der Waals surface area contributed by atoms with Gasteiger partial charge in [0.2, 0.25) is 0 Å². The third-order valence-corrected chi connectivity index (χ3v) is 5.24. The second kappa shape index (κ2) is 8.93. The van der Waals surface area contributed by atoms with Crippen molar-refractivity contribution in [2.45, 2.75) is 20.5 Å². The maximum atomic E-state index is 12.4. The monoisotopic (exact) mass is 401 g/mol. The predicted molar refractivity (Wildman–Crippen MR) is 110 cm³/mol. The minimum absolute atomic E-state index is 0.141. The van der Waals surface area contributed by atoms with Crippen molar-refractivity contribution in [3.63, 3.8) is 0 Å². The van der Waals surface area contributed by atoms with E-state index in [0.717, 1.165) is 28.3 Å². The largest absolute Gasteiger partial charge is 0.494 e. The quantitative estimate of drug-likeness (QED) is 0.533. The first-order valence-corrected chi connectivity index (χ1v) is 9.81. The molecule has 3 aromatic rings. The number of benzene rings is 2. The van der Waals surface area contributed by atoms with Crippen molar-refractivity contribution < 1.29 is 14.3 Å². The first kappa shape index (κ1) is 19.3. The maximum Gasteiger partial charge on any atom is 0.265 e. The van der Waals surface area contributed by atoms with Gasteiger partial charge in [0.25, 0.3) is 5.91 Å². The lowest BCUT2D eigenvalue weighted by Gasteiger charge is -2.07. The molecule has 1 aromatic heterocycles. The van der Waals surface area contributed by atoms with E-state index in [-0.39, 0.29) is 5.91 Å². The Labute approximate surface area is 167 Å². The molecule has 1 N–H and O–H groups in total. The zero-order valence-electron chi connectivity index (χ0n) is 15.1. The normalized spacial score (nSPS) is 10.5. The lowest BCUT2D eigenvalue weighted by molar-refractivity contribution is 0.103. The summed E-state index contributed by atoms with van der Waals surface area (Å²) >= 11 is 7.41. The third kappa shape index (κ3) is 5.25. The maximum absolute atomic E-state index is 12.4. The fraction of sp³-hybridized carbons (Fsp3) is 0.190. The smallest absolute Gasteiger partial charge is 0.265 e. The van der Waals surface area contributed by atoms with Crippen LogP contribution in [0.3, 0.4) is 0 Å². The second-order valence-electron chi connectivity index (χ2n) is 5.93. The molecule has 0 fully saturated rings. The van der Waals surface area contributed by atoms with Crippen LogP contribution < -0.4 is 14.8 Å². The summed E-state index contributed by atoms with van der Waals surface area (Å²) < 4.78 is 11.2. The molecule has 1 amide bonds. The van der Waals surface area contributed by atoms with E-state index >= 15 is 0 Å². The van der Waals surface area contributed by atoms with E-state index in [1.54, 1.807) is 0 Å². The Hall–Kier alpha value is -2.50. The van der Waals surface area contributed by atoms with Gasteiger partial charge in [-0.25, -0.2) is 0 Å². The molecule has 0 saturated carbocycles. The Kier molecular flexibility index (Phi) is 6.37. The Morgan fingerprint density at radius 2 is 1.81 bits per heavy atom. The van der Waals surface area contributed by atoms with E-state index in [9.17, 15) is 4.79 Å². The van der Waals surface area contributed by atoms with Crippen LogP contribution in [0.4, 0.5) is 5.69 Å². The average Bonchev–Trinajstić information content (AvgIpc) is 3.14. The van der Waals surface area contributed by atoms with Crippen LogP contribution in [0, 0.1) is 6.92 Å². The van der Waals surface area contributed by atoms with Crippen LogP contribution >= 0.6 is 22.9 Å². The SMILES string of the molecule is CCOc1ccc(NC(=O)c2cc(COc3ccc(Cl)c(C)c3)cs2)cc1. The van der Waals surface area contributed by atoms with Crippen molar-refractivity contribution in [2.24, 2.45) is 0 Å². The van der Waals surface area contributed by atoms with Crippen molar-refractivity contribution in [2.75, 3.05) is 11.9 Å². The number of ether oxygens (including phenoxy) is 2. The molecule has 6 heteroatoms. The molecule has 1 heterocycles. The van der Waals surface area contributed by atoms with E-state index in [1.165, 1.54) is 11.3 Å². The second-order valence-corrected chi connectivity index (χ2v) is 7.25. The summed E-state index contributed by atoms with van der Waals surface area (Å²) in [4.78, 5) is 13.0. The molecule has 0 radical (unpaired) electrons. The molecule has 0 atom stereocenters. The number of hydrogen-bond donors (Lipinski definition) is 1. The molecule has 0 aliphatic carbocycles. The minimum Gasteiger partial charge on any atom is -0.494 e. The Morgan fingerprint density at radius 3 is 2.52 bits per heavy atom. The number of nitrogens with one attached hydrogen (secondary N) is 1. The molecular weight excluding hydrogens is 382 g/mol. The molecule has 0 spiro atoms. The van der Waals surface area contributed by atoms with E-state index in [2.05, 4.69) is 5.32 Å². The van der Waals surface area contributed by atoms with Crippen LogP contribution in [0.15, 0.2) is 53.9 Å². The molecule has 140 valence electrons. The first-order chi connectivity index (χ1) is 13.0. The third-order valence-electron chi connectivity index (χ3n) is 3.84. The Morgan fingerprint density at radius 1 is 1.07 bits per heavy atom. The van der Waals surface area contributed by atoms with Gasteiger partial charge in [0.1, 0.15) is 18.1 Å². The predicted octanol–water partition coefficient (Wildman–Crippen LogP) is 5.94. The summed E-state index contributed by atoms with van der Waals surface area (Å²) in [5.41, 5.74) is 2.64. The summed E-state index contributed by atoms with van der Waals surface area (Å²) in [5, 5.41) is 5.53. The van der Waals surface area contributed by atoms with Crippen molar-refractivity contribution >= 4 is 34.5 Å². The molecule has 2 aromatic carbocycles. The number of halogens is 1. The molecule has 0 unspecified atom stereocenters. The first-order valence-electron chi connectivity index (χ1n) is 8.55. The summed E-state index contributed by atoms with van der Waals surface area (Å²) in [6, 6.07) is 14.7. The molecule has 4 nitrogen and oxygen atoms in total. The highest BCUT2D eigenvalue weighted by molar-refractivity contribution is 7.12. The summed E-state index contributed by atoms with van der Waals surface area (Å²) in [7, 11) is 0. The summed E-state index contributed by atoms with van der Waals surface area (Å²) in [6.07, 6.45) is 0. The number of thiophene rings is 1. The van der Waals surface area contributed by atoms with Gasteiger partial charge in [-0.15, -0.1) is 11.3 Å². The Balaban J connectivity index is 1.57. The van der Waals surface area contributed by atoms with Gasteiger partial charge in [-0.3, -0.25) is 4.79 Å². The number of hydrogen-bond acceptors (Lipinski definition) is 4. The zero-order valence-corrected chi connectivity index (χ0v) is 16.7. The van der Waals surface area contributed by atoms with Gasteiger partial charge in [0.05, 0.1) is 11.5 Å². The molecule has 0 bridgehead atoms. The highest BCUT2D eigenvalue weighted by atomic mass is 35.5. The zero-order chi connectivity index (χ0) is 19.2. The fourth-order valence-electron chi connectivity index (χ4n) is 2.44. The lowest BCUT2D eigenvalue weighted by atomic mass is 10.2. The van der Waals surface area contributed by atoms with E-state index < -0.39 is 0 Å². The van der Waals surface area contributed by atoms with E-state index in [1.807, 2.05) is 67.8 Å². The van der Waals surface area contributed by atoms with Gasteiger partial charge in [-0.05, 0) is 73.3 Å². The van der Waals surface area contributed by atoms with Gasteiger partial charge in [0, 0.05) is 16.3 Å². The van der Waals surface area contributed by atoms with Crippen LogP contribution in [0.1, 0.15) is 27.7 Å². The topological polar surface area (TPSA) is 47.6 Å². The highest BCUT2D eigenvalue weighted by Crippen LogP contribution is 2.23.